The van der Waals surface area contributed by atoms with Gasteiger partial charge in [0.15, 0.2) is 17.6 Å². The number of carbonyl (C=O) groups excluding carboxylic acids is 3. The predicted octanol–water partition coefficient (Wildman–Crippen LogP) is 2.13. The standard InChI is InChI=1S/C22H23NO7/c1-11(24)28-16-6-4-13-10-15-14-5-7-17(29-12(2)25)20-22(14,18(13)19(16)30-20)8-9-23(15)21(26)27-3/h4-7,14-15,17,20H,8-10H2,1-3H3/t14-,15+,17-,20-,22-/m0/s1. The highest BCUT2D eigenvalue weighted by Crippen LogP contribution is 2.63. The Kier molecular flexibility index (Phi) is 4.10. The molecule has 5 rings (SSSR count). The Hall–Kier alpha value is -3.03. The molecule has 1 saturated heterocycles. The zero-order valence-electron chi connectivity index (χ0n) is 17.0. The predicted molar refractivity (Wildman–Crippen MR) is 103 cm³/mol. The highest BCUT2D eigenvalue weighted by atomic mass is 16.6. The average molecular weight is 413 g/mol. The van der Waals surface area contributed by atoms with E-state index >= 15 is 0 Å². The Morgan fingerprint density at radius 3 is 2.67 bits per heavy atom. The second-order valence-corrected chi connectivity index (χ2v) is 8.27. The number of piperidine rings is 1. The lowest BCUT2D eigenvalue weighted by molar-refractivity contribution is -0.152. The van der Waals surface area contributed by atoms with Gasteiger partial charge in [0.25, 0.3) is 0 Å². The van der Waals surface area contributed by atoms with E-state index < -0.39 is 23.6 Å². The summed E-state index contributed by atoms with van der Waals surface area (Å²) in [7, 11) is 1.39. The van der Waals surface area contributed by atoms with Crippen molar-refractivity contribution in [3.05, 3.63) is 35.4 Å². The highest BCUT2D eigenvalue weighted by molar-refractivity contribution is 5.74. The molecular weight excluding hydrogens is 390 g/mol. The number of carbonyl (C=O) groups is 3. The number of likely N-dealkylation sites (tertiary alicyclic amines) is 1. The molecule has 1 amide bonds. The second-order valence-electron chi connectivity index (χ2n) is 8.27. The van der Waals surface area contributed by atoms with Crippen LogP contribution in [0.1, 0.15) is 31.4 Å². The van der Waals surface area contributed by atoms with Crippen LogP contribution in [-0.2, 0) is 30.9 Å². The van der Waals surface area contributed by atoms with Gasteiger partial charge in [-0.1, -0.05) is 12.1 Å². The van der Waals surface area contributed by atoms with Crippen LogP contribution >= 0.6 is 0 Å². The van der Waals surface area contributed by atoms with Crippen LogP contribution in [0.15, 0.2) is 24.3 Å². The zero-order chi connectivity index (χ0) is 21.2. The summed E-state index contributed by atoms with van der Waals surface area (Å²) in [6.07, 6.45) is 3.80. The molecule has 30 heavy (non-hydrogen) atoms. The van der Waals surface area contributed by atoms with Crippen molar-refractivity contribution in [1.29, 1.82) is 0 Å². The van der Waals surface area contributed by atoms with E-state index in [1.807, 2.05) is 18.2 Å². The second kappa shape index (κ2) is 6.48. The van der Waals surface area contributed by atoms with Crippen LogP contribution < -0.4 is 9.47 Å². The van der Waals surface area contributed by atoms with Crippen molar-refractivity contribution in [3.8, 4) is 11.5 Å². The first-order chi connectivity index (χ1) is 14.4. The van der Waals surface area contributed by atoms with Gasteiger partial charge in [-0.15, -0.1) is 0 Å². The van der Waals surface area contributed by atoms with Gasteiger partial charge in [0.2, 0.25) is 0 Å². The number of ether oxygens (including phenoxy) is 4. The average Bonchev–Trinajstić information content (AvgIpc) is 3.04. The van der Waals surface area contributed by atoms with Crippen molar-refractivity contribution >= 4 is 18.0 Å². The van der Waals surface area contributed by atoms with Crippen LogP contribution in [0.5, 0.6) is 11.5 Å². The summed E-state index contributed by atoms with van der Waals surface area (Å²) in [6.45, 7) is 3.23. The quantitative estimate of drug-likeness (QED) is 0.417. The third kappa shape index (κ3) is 2.42. The maximum Gasteiger partial charge on any atom is 0.409 e. The molecule has 158 valence electrons. The molecule has 1 spiro atoms. The summed E-state index contributed by atoms with van der Waals surface area (Å²) in [6, 6.07) is 3.58. The largest absolute Gasteiger partial charge is 0.481 e. The third-order valence-corrected chi connectivity index (χ3v) is 6.80. The molecule has 0 unspecified atom stereocenters. The van der Waals surface area contributed by atoms with Crippen molar-refractivity contribution in [2.45, 2.75) is 50.4 Å². The van der Waals surface area contributed by atoms with Crippen molar-refractivity contribution in [2.75, 3.05) is 13.7 Å². The van der Waals surface area contributed by atoms with Crippen LogP contribution in [-0.4, -0.2) is 54.8 Å². The fraction of sp³-hybridized carbons (Fsp3) is 0.500. The minimum absolute atomic E-state index is 0.0245. The van der Waals surface area contributed by atoms with Gasteiger partial charge in [0, 0.05) is 37.9 Å². The van der Waals surface area contributed by atoms with E-state index in [0.29, 0.717) is 30.9 Å². The Morgan fingerprint density at radius 1 is 1.17 bits per heavy atom. The molecule has 2 bridgehead atoms. The van der Waals surface area contributed by atoms with Crippen LogP contribution in [0.2, 0.25) is 0 Å². The number of hydrogen-bond donors (Lipinski definition) is 0. The van der Waals surface area contributed by atoms with E-state index in [1.54, 1.807) is 11.0 Å². The van der Waals surface area contributed by atoms with Gasteiger partial charge in [0.1, 0.15) is 6.10 Å². The Labute approximate surface area is 173 Å². The van der Waals surface area contributed by atoms with Gasteiger partial charge < -0.3 is 23.8 Å². The van der Waals surface area contributed by atoms with Crippen molar-refractivity contribution < 1.29 is 33.3 Å². The first-order valence-electron chi connectivity index (χ1n) is 10.1. The number of hydrogen-bond acceptors (Lipinski definition) is 7. The number of nitrogens with zero attached hydrogens (tertiary/aromatic N) is 1. The molecule has 1 aromatic carbocycles. The summed E-state index contributed by atoms with van der Waals surface area (Å²) in [5.74, 6) is 0.0765. The normalized spacial score (nSPS) is 32.0. The van der Waals surface area contributed by atoms with E-state index in [0.717, 1.165) is 11.1 Å². The Balaban J connectivity index is 1.69. The SMILES string of the molecule is COC(=O)N1CC[C@]23c4c5ccc(OC(C)=O)c4O[C@H]2[C@@H](OC(C)=O)C=C[C@H]3[C@H]1C5. The lowest BCUT2D eigenvalue weighted by Gasteiger charge is -2.56. The molecule has 2 heterocycles. The maximum absolute atomic E-state index is 12.5. The van der Waals surface area contributed by atoms with Crippen LogP contribution in [0.4, 0.5) is 4.79 Å². The molecule has 0 radical (unpaired) electrons. The van der Waals surface area contributed by atoms with E-state index in [1.165, 1.54) is 21.0 Å². The minimum atomic E-state index is -0.562. The molecule has 0 N–H and O–H groups in total. The number of methoxy groups -OCH3 is 1. The molecule has 4 aliphatic rings. The van der Waals surface area contributed by atoms with Gasteiger partial charge in [-0.05, 0) is 30.5 Å². The number of rotatable bonds is 2. The van der Waals surface area contributed by atoms with Crippen molar-refractivity contribution in [3.63, 3.8) is 0 Å². The third-order valence-electron chi connectivity index (χ3n) is 6.80. The molecule has 1 aromatic rings. The topological polar surface area (TPSA) is 91.4 Å². The van der Waals surface area contributed by atoms with E-state index in [-0.39, 0.29) is 24.0 Å². The van der Waals surface area contributed by atoms with Gasteiger partial charge >= 0.3 is 18.0 Å². The Morgan fingerprint density at radius 2 is 1.97 bits per heavy atom. The lowest BCUT2D eigenvalue weighted by Crippen LogP contribution is -2.66. The molecule has 5 atom stereocenters. The van der Waals surface area contributed by atoms with Gasteiger partial charge in [-0.2, -0.15) is 0 Å². The molecule has 2 aliphatic heterocycles. The number of amides is 1. The zero-order valence-corrected chi connectivity index (χ0v) is 17.0. The lowest BCUT2D eigenvalue weighted by atomic mass is 9.53. The summed E-state index contributed by atoms with van der Waals surface area (Å²) in [5, 5.41) is 0. The van der Waals surface area contributed by atoms with Crippen molar-refractivity contribution in [2.24, 2.45) is 5.92 Å². The van der Waals surface area contributed by atoms with Gasteiger partial charge in [0.05, 0.1) is 12.5 Å². The summed E-state index contributed by atoms with van der Waals surface area (Å²) >= 11 is 0. The first-order valence-corrected chi connectivity index (χ1v) is 10.1. The molecule has 1 fully saturated rings. The van der Waals surface area contributed by atoms with Crippen LogP contribution in [0, 0.1) is 5.92 Å². The smallest absolute Gasteiger partial charge is 0.409 e. The first kappa shape index (κ1) is 19.0. The van der Waals surface area contributed by atoms with Crippen LogP contribution in [0.25, 0.3) is 0 Å². The summed E-state index contributed by atoms with van der Waals surface area (Å²) < 4.78 is 22.4. The monoisotopic (exact) mass is 413 g/mol. The fourth-order valence-electron chi connectivity index (χ4n) is 5.90. The van der Waals surface area contributed by atoms with E-state index in [2.05, 4.69) is 0 Å². The van der Waals surface area contributed by atoms with Crippen LogP contribution in [0.3, 0.4) is 0 Å². The molecule has 8 nitrogen and oxygen atoms in total. The maximum atomic E-state index is 12.5. The molecule has 0 saturated carbocycles. The number of benzene rings is 1. The number of esters is 2. The molecular formula is C22H23NO7. The van der Waals surface area contributed by atoms with E-state index in [9.17, 15) is 14.4 Å². The fourth-order valence-corrected chi connectivity index (χ4v) is 5.90. The highest BCUT2D eigenvalue weighted by Gasteiger charge is 2.66. The van der Waals surface area contributed by atoms with E-state index in [4.69, 9.17) is 18.9 Å². The Bertz CT molecular complexity index is 986. The van der Waals surface area contributed by atoms with Gasteiger partial charge in [-0.25, -0.2) is 4.79 Å². The minimum Gasteiger partial charge on any atom is -0.481 e. The molecule has 0 aromatic heterocycles. The molecule has 2 aliphatic carbocycles. The van der Waals surface area contributed by atoms with Crippen molar-refractivity contribution in [1.82, 2.24) is 4.90 Å². The summed E-state index contributed by atoms with van der Waals surface area (Å²) in [4.78, 5) is 37.6. The van der Waals surface area contributed by atoms with Gasteiger partial charge in [-0.3, -0.25) is 9.59 Å². The molecule has 8 heteroatoms. The summed E-state index contributed by atoms with van der Waals surface area (Å²) in [5.41, 5.74) is 1.59.